The van der Waals surface area contributed by atoms with E-state index in [-0.39, 0.29) is 17.1 Å². The molecular formula is C16H32O2. The fraction of sp³-hybridized carbons (Fsp3) is 1.00. The smallest absolute Gasteiger partial charge is 0.198 e. The normalized spacial score (nSPS) is 21.8. The van der Waals surface area contributed by atoms with E-state index in [1.807, 2.05) is 0 Å². The average Bonchev–Trinajstić information content (AvgIpc) is 2.81. The van der Waals surface area contributed by atoms with Gasteiger partial charge < -0.3 is 0 Å². The molecule has 0 aromatic rings. The van der Waals surface area contributed by atoms with Crippen molar-refractivity contribution in [2.75, 3.05) is 0 Å². The Labute approximate surface area is 113 Å². The maximum Gasteiger partial charge on any atom is 0.228 e. The maximum absolute atomic E-state index is 5.15. The lowest BCUT2D eigenvalue weighted by atomic mass is 9.60. The third-order valence-corrected chi connectivity index (χ3v) is 4.57. The molecule has 18 heavy (non-hydrogen) atoms. The largest absolute Gasteiger partial charge is 0.228 e. The molecule has 2 unspecified atom stereocenters. The predicted molar refractivity (Wildman–Crippen MR) is 75.9 cm³/mol. The van der Waals surface area contributed by atoms with E-state index < -0.39 is 0 Å². The molecule has 108 valence electrons. The van der Waals surface area contributed by atoms with Crippen LogP contribution in [0.15, 0.2) is 0 Å². The van der Waals surface area contributed by atoms with Crippen molar-refractivity contribution < 1.29 is 9.78 Å². The van der Waals surface area contributed by atoms with Gasteiger partial charge in [-0.1, -0.05) is 62.3 Å². The highest BCUT2D eigenvalue weighted by Gasteiger charge is 2.51. The molecule has 2 atom stereocenters. The van der Waals surface area contributed by atoms with E-state index in [0.717, 1.165) is 0 Å². The molecule has 0 bridgehead atoms. The molecule has 2 heteroatoms. The Balaban J connectivity index is 2.83. The monoisotopic (exact) mass is 256 g/mol. The third kappa shape index (κ3) is 3.96. The quantitative estimate of drug-likeness (QED) is 0.520. The van der Waals surface area contributed by atoms with E-state index in [9.17, 15) is 0 Å². The van der Waals surface area contributed by atoms with Crippen LogP contribution in [0.3, 0.4) is 0 Å². The van der Waals surface area contributed by atoms with Crippen LogP contribution in [0.5, 0.6) is 0 Å². The van der Waals surface area contributed by atoms with Crippen LogP contribution >= 0.6 is 0 Å². The van der Waals surface area contributed by atoms with Gasteiger partial charge in [0.05, 0.1) is 0 Å². The highest BCUT2D eigenvalue weighted by atomic mass is 17.4. The highest BCUT2D eigenvalue weighted by molar-refractivity contribution is 4.92. The number of hydrogen-bond acceptors (Lipinski definition) is 2. The summed E-state index contributed by atoms with van der Waals surface area (Å²) in [5, 5.41) is 0. The Kier molecular flexibility index (Phi) is 4.25. The molecule has 1 fully saturated rings. The second kappa shape index (κ2) is 4.79. The van der Waals surface area contributed by atoms with Crippen LogP contribution in [0.25, 0.3) is 0 Å². The molecule has 0 N–H and O–H groups in total. The first kappa shape index (κ1) is 16.0. The fourth-order valence-electron chi connectivity index (χ4n) is 3.31. The summed E-state index contributed by atoms with van der Waals surface area (Å²) < 4.78 is 0. The molecule has 2 nitrogen and oxygen atoms in total. The zero-order valence-electron chi connectivity index (χ0n) is 13.8. The summed E-state index contributed by atoms with van der Waals surface area (Å²) in [7, 11) is 0. The summed E-state index contributed by atoms with van der Waals surface area (Å²) in [4.78, 5) is 10.3. The Bertz CT molecular complexity index is 276. The van der Waals surface area contributed by atoms with Gasteiger partial charge in [0.15, 0.2) is 0 Å². The zero-order valence-corrected chi connectivity index (χ0v) is 13.8. The van der Waals surface area contributed by atoms with Crippen molar-refractivity contribution in [1.82, 2.24) is 0 Å². The third-order valence-electron chi connectivity index (χ3n) is 4.57. The van der Waals surface area contributed by atoms with Crippen LogP contribution in [0.4, 0.5) is 0 Å². The Morgan fingerprint density at radius 2 is 1.28 bits per heavy atom. The fourth-order valence-corrected chi connectivity index (χ4v) is 3.31. The Morgan fingerprint density at radius 1 is 0.833 bits per heavy atom. The Hall–Kier alpha value is -0.0800. The van der Waals surface area contributed by atoms with Crippen LogP contribution in [0, 0.1) is 28.1 Å². The first-order valence-corrected chi connectivity index (χ1v) is 7.18. The van der Waals surface area contributed by atoms with E-state index in [1.165, 1.54) is 6.42 Å². The van der Waals surface area contributed by atoms with E-state index >= 15 is 0 Å². The van der Waals surface area contributed by atoms with E-state index in [4.69, 9.17) is 9.78 Å². The predicted octanol–water partition coefficient (Wildman–Crippen LogP) is 5.04. The van der Waals surface area contributed by atoms with Gasteiger partial charge in [-0.2, -0.15) is 9.78 Å². The van der Waals surface area contributed by atoms with Gasteiger partial charge in [0, 0.05) is 5.92 Å². The van der Waals surface area contributed by atoms with Gasteiger partial charge in [-0.15, -0.1) is 0 Å². The van der Waals surface area contributed by atoms with Gasteiger partial charge in [0.25, 0.3) is 0 Å². The molecule has 1 saturated heterocycles. The molecule has 0 radical (unpaired) electrons. The zero-order chi connectivity index (χ0) is 14.4. The minimum atomic E-state index is -0.00725. The van der Waals surface area contributed by atoms with Gasteiger partial charge in [-0.3, -0.25) is 0 Å². The molecule has 0 spiro atoms. The van der Waals surface area contributed by atoms with Crippen molar-refractivity contribution in [3.63, 3.8) is 0 Å². The van der Waals surface area contributed by atoms with Crippen LogP contribution in [0.1, 0.15) is 68.7 Å². The van der Waals surface area contributed by atoms with Crippen molar-refractivity contribution in [2.24, 2.45) is 28.1 Å². The van der Waals surface area contributed by atoms with Crippen LogP contribution in [0.2, 0.25) is 0 Å². The molecular weight excluding hydrogens is 224 g/mol. The SMILES string of the molecule is CC(CC(C)(C)C(C1OO1)C(C)(C)C)C(C)(C)C. The molecule has 0 amide bonds. The van der Waals surface area contributed by atoms with E-state index in [2.05, 4.69) is 62.3 Å². The van der Waals surface area contributed by atoms with Crippen molar-refractivity contribution in [3.8, 4) is 0 Å². The molecule has 1 heterocycles. The molecule has 0 aliphatic carbocycles. The van der Waals surface area contributed by atoms with Crippen molar-refractivity contribution >= 4 is 0 Å². The van der Waals surface area contributed by atoms with Gasteiger partial charge >= 0.3 is 0 Å². The Morgan fingerprint density at radius 3 is 1.56 bits per heavy atom. The minimum Gasteiger partial charge on any atom is -0.198 e. The average molecular weight is 256 g/mol. The summed E-state index contributed by atoms with van der Waals surface area (Å²) in [6.45, 7) is 20.9. The van der Waals surface area contributed by atoms with Crippen molar-refractivity contribution in [3.05, 3.63) is 0 Å². The summed E-state index contributed by atoms with van der Waals surface area (Å²) in [6.07, 6.45) is 1.19. The van der Waals surface area contributed by atoms with Crippen molar-refractivity contribution in [1.29, 1.82) is 0 Å². The van der Waals surface area contributed by atoms with Crippen LogP contribution in [-0.4, -0.2) is 6.29 Å². The topological polar surface area (TPSA) is 25.1 Å². The second-order valence-electron chi connectivity index (χ2n) is 8.86. The van der Waals surface area contributed by atoms with E-state index in [1.54, 1.807) is 0 Å². The number of hydrogen-bond donors (Lipinski definition) is 0. The lowest BCUT2D eigenvalue weighted by Gasteiger charge is -2.44. The molecule has 0 aromatic carbocycles. The van der Waals surface area contributed by atoms with E-state index in [0.29, 0.717) is 17.3 Å². The molecule has 1 aliphatic heterocycles. The second-order valence-corrected chi connectivity index (χ2v) is 8.86. The number of rotatable bonds is 4. The molecule has 1 aliphatic rings. The molecule has 0 aromatic heterocycles. The van der Waals surface area contributed by atoms with Crippen LogP contribution < -0.4 is 0 Å². The van der Waals surface area contributed by atoms with Gasteiger partial charge in [-0.25, -0.2) is 0 Å². The molecule has 1 rings (SSSR count). The summed E-state index contributed by atoms with van der Waals surface area (Å²) >= 11 is 0. The lowest BCUT2D eigenvalue weighted by molar-refractivity contribution is 0.0228. The van der Waals surface area contributed by atoms with Crippen LogP contribution in [-0.2, 0) is 9.78 Å². The minimum absolute atomic E-state index is 0.00725. The summed E-state index contributed by atoms with van der Waals surface area (Å²) in [5.41, 5.74) is 0.763. The standard InChI is InChI=1S/C16H32O2/c1-11(14(2,3)4)10-16(8,9)12(13-17-18-13)15(5,6)7/h11-13H,10H2,1-9H3. The maximum atomic E-state index is 5.15. The molecule has 0 saturated carbocycles. The van der Waals surface area contributed by atoms with Gasteiger partial charge in [0.2, 0.25) is 6.29 Å². The summed E-state index contributed by atoms with van der Waals surface area (Å²) in [5.74, 6) is 1.10. The van der Waals surface area contributed by atoms with Gasteiger partial charge in [-0.05, 0) is 28.6 Å². The lowest BCUT2D eigenvalue weighted by Crippen LogP contribution is -2.40. The highest BCUT2D eigenvalue weighted by Crippen LogP contribution is 2.51. The first-order valence-electron chi connectivity index (χ1n) is 7.18. The van der Waals surface area contributed by atoms with Gasteiger partial charge in [0.1, 0.15) is 0 Å². The summed E-state index contributed by atoms with van der Waals surface area (Å²) in [6, 6.07) is 0. The van der Waals surface area contributed by atoms with Crippen molar-refractivity contribution in [2.45, 2.75) is 75.0 Å². The first-order chi connectivity index (χ1) is 7.86.